The van der Waals surface area contributed by atoms with Gasteiger partial charge < -0.3 is 4.42 Å². The lowest BCUT2D eigenvalue weighted by molar-refractivity contribution is 0.545. The smallest absolute Gasteiger partial charge is 0.336 e. The fourth-order valence-electron chi connectivity index (χ4n) is 3.07. The van der Waals surface area contributed by atoms with E-state index < -0.39 is 5.63 Å². The fraction of sp³-hybridized carbons (Fsp3) is 0.238. The zero-order valence-corrected chi connectivity index (χ0v) is 16.6. The van der Waals surface area contributed by atoms with Crippen LogP contribution in [-0.4, -0.2) is 20.2 Å². The van der Waals surface area contributed by atoms with Crippen molar-refractivity contribution in [2.45, 2.75) is 33.2 Å². The van der Waals surface area contributed by atoms with Gasteiger partial charge in [-0.05, 0) is 46.9 Å². The Morgan fingerprint density at radius 1 is 1.14 bits per heavy atom. The van der Waals surface area contributed by atoms with Gasteiger partial charge in [-0.15, -0.1) is 10.2 Å². The number of aromatic nitrogens is 4. The number of benzene rings is 2. The highest BCUT2D eigenvalue weighted by Gasteiger charge is 2.12. The van der Waals surface area contributed by atoms with Crippen LogP contribution in [0.3, 0.4) is 0 Å². The summed E-state index contributed by atoms with van der Waals surface area (Å²) in [5.74, 6) is 1.00. The number of halogens is 1. The number of tetrazole rings is 1. The second-order valence-electron chi connectivity index (χ2n) is 7.11. The molecule has 0 aliphatic heterocycles. The minimum Gasteiger partial charge on any atom is -0.423 e. The lowest BCUT2D eigenvalue weighted by Crippen LogP contribution is -2.08. The molecule has 4 aromatic rings. The molecule has 0 saturated heterocycles. The van der Waals surface area contributed by atoms with Gasteiger partial charge in [-0.2, -0.15) is 4.80 Å². The van der Waals surface area contributed by atoms with Crippen molar-refractivity contribution in [2.24, 2.45) is 0 Å². The molecule has 2 heterocycles. The van der Waals surface area contributed by atoms with E-state index in [-0.39, 0.29) is 0 Å². The number of rotatable bonds is 4. The number of nitrogens with zero attached hydrogens (tertiary/aromatic N) is 4. The largest absolute Gasteiger partial charge is 0.423 e. The molecule has 0 saturated carbocycles. The summed E-state index contributed by atoms with van der Waals surface area (Å²) < 4.78 is 5.30. The number of hydrogen-bond donors (Lipinski definition) is 0. The maximum Gasteiger partial charge on any atom is 0.336 e. The Kier molecular flexibility index (Phi) is 4.73. The molecular formula is C21H19ClN4O2. The predicted octanol–water partition coefficient (Wildman–Crippen LogP) is 4.58. The molecular weight excluding hydrogens is 376 g/mol. The first-order valence-corrected chi connectivity index (χ1v) is 9.39. The van der Waals surface area contributed by atoms with E-state index in [9.17, 15) is 4.79 Å². The summed E-state index contributed by atoms with van der Waals surface area (Å²) in [6.07, 6.45) is 0. The molecule has 0 bridgehead atoms. The van der Waals surface area contributed by atoms with Gasteiger partial charge in [0.05, 0.1) is 6.54 Å². The average molecular weight is 395 g/mol. The van der Waals surface area contributed by atoms with Gasteiger partial charge in [0, 0.05) is 22.0 Å². The van der Waals surface area contributed by atoms with Crippen LogP contribution in [0.4, 0.5) is 0 Å². The lowest BCUT2D eigenvalue weighted by atomic mass is 10.0. The van der Waals surface area contributed by atoms with Crippen LogP contribution in [0.25, 0.3) is 22.4 Å². The molecule has 6 nitrogen and oxygen atoms in total. The first-order chi connectivity index (χ1) is 13.4. The Morgan fingerprint density at radius 3 is 2.61 bits per heavy atom. The Labute approximate surface area is 166 Å². The van der Waals surface area contributed by atoms with Crippen molar-refractivity contribution >= 4 is 22.6 Å². The summed E-state index contributed by atoms with van der Waals surface area (Å²) in [7, 11) is 0. The van der Waals surface area contributed by atoms with E-state index in [1.807, 2.05) is 19.1 Å². The van der Waals surface area contributed by atoms with Crippen LogP contribution < -0.4 is 5.63 Å². The minimum absolute atomic E-state index is 0.290. The molecule has 2 aromatic carbocycles. The normalized spacial score (nSPS) is 11.5. The topological polar surface area (TPSA) is 73.8 Å². The van der Waals surface area contributed by atoms with E-state index in [2.05, 4.69) is 41.4 Å². The zero-order valence-electron chi connectivity index (χ0n) is 15.8. The van der Waals surface area contributed by atoms with E-state index in [4.69, 9.17) is 16.0 Å². The highest BCUT2D eigenvalue weighted by atomic mass is 35.5. The molecule has 0 aliphatic carbocycles. The van der Waals surface area contributed by atoms with Crippen molar-refractivity contribution < 1.29 is 4.42 Å². The average Bonchev–Trinajstić information content (AvgIpc) is 3.12. The van der Waals surface area contributed by atoms with E-state index in [1.165, 1.54) is 16.4 Å². The second-order valence-corrected chi connectivity index (χ2v) is 7.52. The van der Waals surface area contributed by atoms with Crippen molar-refractivity contribution in [1.29, 1.82) is 0 Å². The Morgan fingerprint density at radius 2 is 1.89 bits per heavy atom. The molecule has 0 spiro atoms. The van der Waals surface area contributed by atoms with Gasteiger partial charge in [-0.1, -0.05) is 49.7 Å². The van der Waals surface area contributed by atoms with Crippen molar-refractivity contribution in [3.63, 3.8) is 0 Å². The van der Waals surface area contributed by atoms with Gasteiger partial charge >= 0.3 is 5.63 Å². The van der Waals surface area contributed by atoms with Gasteiger partial charge in [0.2, 0.25) is 5.82 Å². The zero-order chi connectivity index (χ0) is 19.8. The molecule has 0 aliphatic rings. The first kappa shape index (κ1) is 18.4. The molecule has 0 N–H and O–H groups in total. The Hall–Kier alpha value is -2.99. The predicted molar refractivity (Wildman–Crippen MR) is 109 cm³/mol. The molecule has 28 heavy (non-hydrogen) atoms. The molecule has 142 valence electrons. The van der Waals surface area contributed by atoms with Gasteiger partial charge in [-0.3, -0.25) is 0 Å². The number of fused-ring (bicyclic) bond motifs is 1. The Bertz CT molecular complexity index is 1210. The third kappa shape index (κ3) is 3.55. The van der Waals surface area contributed by atoms with Crippen LogP contribution in [0.15, 0.2) is 51.7 Å². The van der Waals surface area contributed by atoms with E-state index in [0.29, 0.717) is 28.9 Å². The van der Waals surface area contributed by atoms with E-state index in [1.54, 1.807) is 12.1 Å². The summed E-state index contributed by atoms with van der Waals surface area (Å²) in [5, 5.41) is 14.1. The number of hydrogen-bond acceptors (Lipinski definition) is 5. The maximum absolute atomic E-state index is 11.9. The molecule has 7 heteroatoms. The van der Waals surface area contributed by atoms with E-state index >= 15 is 0 Å². The standard InChI is InChI=1S/C21H19ClN4O2/c1-12(2)14-4-6-15(7-5-14)21-23-25-26(24-21)11-16-9-20(27)28-19-8-13(3)18(22)10-17(16)19/h4-10,12H,11H2,1-3H3. The fourth-order valence-corrected chi connectivity index (χ4v) is 3.24. The third-order valence-electron chi connectivity index (χ3n) is 4.71. The SMILES string of the molecule is Cc1cc2oc(=O)cc(Cn3nnc(-c4ccc(C(C)C)cc4)n3)c2cc1Cl. The molecule has 0 unspecified atom stereocenters. The van der Waals surface area contributed by atoms with E-state index in [0.717, 1.165) is 22.1 Å². The highest BCUT2D eigenvalue weighted by Crippen LogP contribution is 2.26. The van der Waals surface area contributed by atoms with Crippen LogP contribution >= 0.6 is 11.6 Å². The van der Waals surface area contributed by atoms with Crippen molar-refractivity contribution in [2.75, 3.05) is 0 Å². The highest BCUT2D eigenvalue weighted by molar-refractivity contribution is 6.32. The molecule has 0 amide bonds. The van der Waals surface area contributed by atoms with Crippen molar-refractivity contribution in [3.8, 4) is 11.4 Å². The third-order valence-corrected chi connectivity index (χ3v) is 5.12. The van der Waals surface area contributed by atoms with Crippen molar-refractivity contribution in [1.82, 2.24) is 20.2 Å². The van der Waals surface area contributed by atoms with Crippen LogP contribution in [-0.2, 0) is 6.54 Å². The van der Waals surface area contributed by atoms with Gasteiger partial charge in [0.25, 0.3) is 0 Å². The molecule has 0 radical (unpaired) electrons. The summed E-state index contributed by atoms with van der Waals surface area (Å²) in [6, 6.07) is 13.1. The van der Waals surface area contributed by atoms with Crippen LogP contribution in [0.5, 0.6) is 0 Å². The van der Waals surface area contributed by atoms with Gasteiger partial charge in [0.15, 0.2) is 0 Å². The lowest BCUT2D eigenvalue weighted by Gasteiger charge is -2.06. The van der Waals surface area contributed by atoms with Crippen LogP contribution in [0, 0.1) is 6.92 Å². The molecule has 0 atom stereocenters. The summed E-state index contributed by atoms with van der Waals surface area (Å²) in [5.41, 5.74) is 3.80. The summed E-state index contributed by atoms with van der Waals surface area (Å²) in [6.45, 7) is 6.46. The van der Waals surface area contributed by atoms with Crippen LogP contribution in [0.2, 0.25) is 5.02 Å². The maximum atomic E-state index is 11.9. The quantitative estimate of drug-likeness (QED) is 0.473. The first-order valence-electron chi connectivity index (χ1n) is 9.02. The second kappa shape index (κ2) is 7.20. The summed E-state index contributed by atoms with van der Waals surface area (Å²) >= 11 is 6.25. The summed E-state index contributed by atoms with van der Waals surface area (Å²) in [4.78, 5) is 13.4. The van der Waals surface area contributed by atoms with Crippen molar-refractivity contribution in [3.05, 3.63) is 74.6 Å². The monoisotopic (exact) mass is 394 g/mol. The number of aryl methyl sites for hydroxylation is 1. The minimum atomic E-state index is -0.422. The van der Waals surface area contributed by atoms with Gasteiger partial charge in [-0.25, -0.2) is 4.79 Å². The van der Waals surface area contributed by atoms with Crippen LogP contribution in [0.1, 0.15) is 36.5 Å². The molecule has 2 aromatic heterocycles. The Balaban J connectivity index is 1.67. The molecule has 4 rings (SSSR count). The molecule has 0 fully saturated rings. The van der Waals surface area contributed by atoms with Gasteiger partial charge in [0.1, 0.15) is 5.58 Å².